The second-order valence-corrected chi connectivity index (χ2v) is 11.2. The maximum atomic E-state index is 13.0. The van der Waals surface area contributed by atoms with Crippen LogP contribution in [0.4, 0.5) is 4.39 Å². The Bertz CT molecular complexity index is 439. The minimum Gasteiger partial charge on any atom is -0.207 e. The van der Waals surface area contributed by atoms with Crippen molar-refractivity contribution in [1.82, 2.24) is 0 Å². The Morgan fingerprint density at radius 3 is 2.09 bits per heavy atom. The third kappa shape index (κ3) is 4.01. The topological polar surface area (TPSA) is 0 Å². The fourth-order valence-corrected chi connectivity index (χ4v) is 8.50. The van der Waals surface area contributed by atoms with E-state index in [4.69, 9.17) is 0 Å². The SMILES string of the molecule is CCC[SiH]1CCC(C2CCC(c3ccc(F)cc3)CC2)CC1. The third-order valence-corrected chi connectivity index (χ3v) is 10.1. The molecule has 1 aromatic carbocycles. The summed E-state index contributed by atoms with van der Waals surface area (Å²) in [4.78, 5) is 0. The molecule has 3 rings (SSSR count). The zero-order chi connectivity index (χ0) is 15.4. The molecule has 0 nitrogen and oxygen atoms in total. The predicted molar refractivity (Wildman–Crippen MR) is 95.7 cm³/mol. The van der Waals surface area contributed by atoms with Crippen LogP contribution in [0.25, 0.3) is 0 Å². The highest BCUT2D eigenvalue weighted by molar-refractivity contribution is 6.58. The first-order chi connectivity index (χ1) is 10.8. The second-order valence-electron chi connectivity index (χ2n) is 7.73. The van der Waals surface area contributed by atoms with Crippen LogP contribution in [-0.4, -0.2) is 8.80 Å². The molecule has 1 heterocycles. The highest BCUT2D eigenvalue weighted by Gasteiger charge is 2.31. The molecule has 1 aromatic rings. The van der Waals surface area contributed by atoms with Crippen LogP contribution in [0, 0.1) is 17.7 Å². The summed E-state index contributed by atoms with van der Waals surface area (Å²) in [6.07, 6.45) is 9.97. The van der Waals surface area contributed by atoms with Crippen molar-refractivity contribution in [2.45, 2.75) is 75.9 Å². The maximum absolute atomic E-state index is 13.0. The van der Waals surface area contributed by atoms with E-state index in [-0.39, 0.29) is 14.6 Å². The van der Waals surface area contributed by atoms with Crippen molar-refractivity contribution >= 4 is 8.80 Å². The molecule has 1 aliphatic heterocycles. The van der Waals surface area contributed by atoms with Gasteiger partial charge in [-0.3, -0.25) is 0 Å². The summed E-state index contributed by atoms with van der Waals surface area (Å²) in [6, 6.07) is 12.1. The van der Waals surface area contributed by atoms with Crippen LogP contribution in [0.15, 0.2) is 24.3 Å². The molecular formula is C20H31FSi. The third-order valence-electron chi connectivity index (χ3n) is 6.37. The number of hydrogen-bond acceptors (Lipinski definition) is 0. The van der Waals surface area contributed by atoms with Gasteiger partial charge in [0.05, 0.1) is 0 Å². The van der Waals surface area contributed by atoms with Crippen LogP contribution in [0.5, 0.6) is 0 Å². The van der Waals surface area contributed by atoms with Gasteiger partial charge in [-0.1, -0.05) is 56.5 Å². The molecule has 1 saturated heterocycles. The lowest BCUT2D eigenvalue weighted by molar-refractivity contribution is 0.216. The summed E-state index contributed by atoms with van der Waals surface area (Å²) in [7, 11) is -0.321. The Balaban J connectivity index is 1.47. The minimum atomic E-state index is -0.321. The maximum Gasteiger partial charge on any atom is 0.123 e. The van der Waals surface area contributed by atoms with E-state index in [0.717, 1.165) is 11.8 Å². The largest absolute Gasteiger partial charge is 0.207 e. The lowest BCUT2D eigenvalue weighted by Gasteiger charge is -2.37. The van der Waals surface area contributed by atoms with Crippen molar-refractivity contribution in [3.8, 4) is 0 Å². The van der Waals surface area contributed by atoms with E-state index in [9.17, 15) is 4.39 Å². The van der Waals surface area contributed by atoms with Crippen molar-refractivity contribution in [2.75, 3.05) is 0 Å². The predicted octanol–water partition coefficient (Wildman–Crippen LogP) is 6.15. The lowest BCUT2D eigenvalue weighted by atomic mass is 9.72. The Labute approximate surface area is 137 Å². The molecule has 0 spiro atoms. The second kappa shape index (κ2) is 7.76. The molecule has 0 aromatic heterocycles. The first-order valence-electron chi connectivity index (χ1n) is 9.51. The monoisotopic (exact) mass is 318 g/mol. The Morgan fingerprint density at radius 2 is 1.50 bits per heavy atom. The van der Waals surface area contributed by atoms with E-state index in [1.807, 2.05) is 12.1 Å². The summed E-state index contributed by atoms with van der Waals surface area (Å²) in [5.74, 6) is 2.61. The van der Waals surface area contributed by atoms with Gasteiger partial charge in [0.25, 0.3) is 0 Å². The lowest BCUT2D eigenvalue weighted by Crippen LogP contribution is -2.28. The Kier molecular flexibility index (Phi) is 5.73. The summed E-state index contributed by atoms with van der Waals surface area (Å²) >= 11 is 0. The average Bonchev–Trinajstić information content (AvgIpc) is 2.57. The van der Waals surface area contributed by atoms with Crippen molar-refractivity contribution < 1.29 is 4.39 Å². The van der Waals surface area contributed by atoms with E-state index in [1.54, 1.807) is 43.1 Å². The van der Waals surface area contributed by atoms with Crippen LogP contribution in [-0.2, 0) is 0 Å². The zero-order valence-corrected chi connectivity index (χ0v) is 15.2. The van der Waals surface area contributed by atoms with Gasteiger partial charge in [-0.15, -0.1) is 0 Å². The first-order valence-corrected chi connectivity index (χ1v) is 12.0. The van der Waals surface area contributed by atoms with Crippen LogP contribution in [0.3, 0.4) is 0 Å². The summed E-state index contributed by atoms with van der Waals surface area (Å²) in [5.41, 5.74) is 1.36. The molecule has 0 N–H and O–H groups in total. The molecule has 2 aliphatic rings. The molecule has 2 heteroatoms. The normalized spacial score (nSPS) is 32.8. The fraction of sp³-hybridized carbons (Fsp3) is 0.700. The first kappa shape index (κ1) is 16.2. The van der Waals surface area contributed by atoms with Crippen LogP contribution in [0.1, 0.15) is 63.4 Å². The van der Waals surface area contributed by atoms with E-state index in [0.29, 0.717) is 5.92 Å². The number of hydrogen-bond donors (Lipinski definition) is 0. The molecule has 1 saturated carbocycles. The van der Waals surface area contributed by atoms with Crippen molar-refractivity contribution in [3.63, 3.8) is 0 Å². The standard InChI is InChI=1S/C20H31FSi/c1-2-13-22-14-11-19(12-15-22)17-5-3-16(4-6-17)18-7-9-20(21)10-8-18/h7-10,16-17,19,22H,2-6,11-15H2,1H3. The molecule has 122 valence electrons. The van der Waals surface area contributed by atoms with Gasteiger partial charge in [0.15, 0.2) is 0 Å². The average molecular weight is 319 g/mol. The van der Waals surface area contributed by atoms with Gasteiger partial charge in [0, 0.05) is 8.80 Å². The number of rotatable bonds is 4. The zero-order valence-electron chi connectivity index (χ0n) is 14.1. The van der Waals surface area contributed by atoms with Gasteiger partial charge in [-0.05, 0) is 61.1 Å². The number of benzene rings is 1. The molecular weight excluding hydrogens is 287 g/mol. The van der Waals surface area contributed by atoms with Crippen LogP contribution < -0.4 is 0 Å². The molecule has 22 heavy (non-hydrogen) atoms. The fourth-order valence-electron chi connectivity index (χ4n) is 5.02. The smallest absolute Gasteiger partial charge is 0.123 e. The van der Waals surface area contributed by atoms with Gasteiger partial charge >= 0.3 is 0 Å². The van der Waals surface area contributed by atoms with Gasteiger partial charge in [0.2, 0.25) is 0 Å². The quantitative estimate of drug-likeness (QED) is 0.584. The molecule has 0 bridgehead atoms. The Morgan fingerprint density at radius 1 is 0.909 bits per heavy atom. The van der Waals surface area contributed by atoms with Crippen LogP contribution >= 0.6 is 0 Å². The highest BCUT2D eigenvalue weighted by atomic mass is 28.3. The Hall–Kier alpha value is -0.633. The molecule has 0 atom stereocenters. The van der Waals surface area contributed by atoms with Crippen LogP contribution in [0.2, 0.25) is 18.1 Å². The molecule has 0 amide bonds. The van der Waals surface area contributed by atoms with E-state index >= 15 is 0 Å². The van der Waals surface area contributed by atoms with Gasteiger partial charge < -0.3 is 0 Å². The van der Waals surface area contributed by atoms with Crippen molar-refractivity contribution in [1.29, 1.82) is 0 Å². The van der Waals surface area contributed by atoms with E-state index in [1.165, 1.54) is 37.7 Å². The highest BCUT2D eigenvalue weighted by Crippen LogP contribution is 2.43. The summed E-state index contributed by atoms with van der Waals surface area (Å²) in [6.45, 7) is 2.36. The molecule has 0 unspecified atom stereocenters. The minimum absolute atomic E-state index is 0.106. The van der Waals surface area contributed by atoms with Gasteiger partial charge in [-0.2, -0.15) is 0 Å². The van der Waals surface area contributed by atoms with Gasteiger partial charge in [0.1, 0.15) is 5.82 Å². The van der Waals surface area contributed by atoms with Gasteiger partial charge in [-0.25, -0.2) is 4.39 Å². The summed E-state index contributed by atoms with van der Waals surface area (Å²) < 4.78 is 13.0. The van der Waals surface area contributed by atoms with E-state index in [2.05, 4.69) is 6.92 Å². The molecule has 2 fully saturated rings. The molecule has 0 radical (unpaired) electrons. The summed E-state index contributed by atoms with van der Waals surface area (Å²) in [5, 5.41) is 0. The van der Waals surface area contributed by atoms with Crippen molar-refractivity contribution in [2.24, 2.45) is 11.8 Å². The van der Waals surface area contributed by atoms with Crippen molar-refractivity contribution in [3.05, 3.63) is 35.6 Å². The van der Waals surface area contributed by atoms with E-state index < -0.39 is 0 Å². The molecule has 1 aliphatic carbocycles. The number of halogens is 1.